The zero-order valence-corrected chi connectivity index (χ0v) is 18.7. The summed E-state index contributed by atoms with van der Waals surface area (Å²) < 4.78 is 0. The highest BCUT2D eigenvalue weighted by Gasteiger charge is 2.47. The van der Waals surface area contributed by atoms with Crippen molar-refractivity contribution in [2.24, 2.45) is 0 Å². The topological polar surface area (TPSA) is 32.3 Å². The molecule has 152 valence electrons. The van der Waals surface area contributed by atoms with E-state index < -0.39 is 0 Å². The van der Waals surface area contributed by atoms with Crippen molar-refractivity contribution < 1.29 is 4.79 Å². The highest BCUT2D eigenvalue weighted by Crippen LogP contribution is 2.51. The van der Waals surface area contributed by atoms with Crippen LogP contribution < -0.4 is 10.2 Å². The molecule has 0 spiro atoms. The Balaban J connectivity index is 1.90. The van der Waals surface area contributed by atoms with Gasteiger partial charge < -0.3 is 10.2 Å². The molecule has 1 amide bonds. The summed E-state index contributed by atoms with van der Waals surface area (Å²) in [6.07, 6.45) is 3.18. The first-order valence-electron chi connectivity index (χ1n) is 10.5. The molecule has 0 radical (unpaired) electrons. The van der Waals surface area contributed by atoms with Crippen molar-refractivity contribution in [3.05, 3.63) is 65.2 Å². The number of nitrogens with one attached hydrogen (secondary N) is 1. The lowest BCUT2D eigenvalue weighted by Gasteiger charge is -2.51. The molecule has 3 nitrogen and oxygen atoms in total. The minimum Gasteiger partial charge on any atom is -0.376 e. The number of carbonyl (C=O) groups excluding carboxylic acids is 1. The summed E-state index contributed by atoms with van der Waals surface area (Å²) in [5.74, 6) is 0.0974. The lowest BCUT2D eigenvalue weighted by atomic mass is 9.65. The summed E-state index contributed by atoms with van der Waals surface area (Å²) in [6, 6.07) is 15.2. The number of hydrogen-bond acceptors (Lipinski definition) is 2. The molecule has 0 saturated carbocycles. The SMILES string of the molecule is CC(=O)N1c2ccccc2[C@@](C)(c2ccc3c(c2)C(C)=CC(C)(C)N3)CC1(C)C. The molecule has 2 aromatic carbocycles. The number of anilines is 2. The van der Waals surface area contributed by atoms with E-state index in [4.69, 9.17) is 0 Å². The van der Waals surface area contributed by atoms with Crippen LogP contribution in [0.25, 0.3) is 5.57 Å². The first-order chi connectivity index (χ1) is 13.4. The van der Waals surface area contributed by atoms with E-state index in [1.54, 1.807) is 6.92 Å². The Kier molecular flexibility index (Phi) is 4.24. The Bertz CT molecular complexity index is 1030. The maximum atomic E-state index is 12.5. The summed E-state index contributed by atoms with van der Waals surface area (Å²) in [5, 5.41) is 3.64. The lowest BCUT2D eigenvalue weighted by Crippen LogP contribution is -2.55. The summed E-state index contributed by atoms with van der Waals surface area (Å²) in [6.45, 7) is 14.9. The van der Waals surface area contributed by atoms with Crippen molar-refractivity contribution in [3.63, 3.8) is 0 Å². The third-order valence-electron chi connectivity index (χ3n) is 6.56. The lowest BCUT2D eigenvalue weighted by molar-refractivity contribution is -0.117. The number of para-hydroxylation sites is 1. The van der Waals surface area contributed by atoms with Crippen molar-refractivity contribution >= 4 is 22.9 Å². The van der Waals surface area contributed by atoms with Crippen molar-refractivity contribution in [1.29, 1.82) is 0 Å². The van der Waals surface area contributed by atoms with Gasteiger partial charge in [-0.3, -0.25) is 4.79 Å². The highest BCUT2D eigenvalue weighted by molar-refractivity contribution is 5.95. The van der Waals surface area contributed by atoms with Gasteiger partial charge in [-0.2, -0.15) is 0 Å². The summed E-state index contributed by atoms with van der Waals surface area (Å²) in [4.78, 5) is 14.5. The minimum absolute atomic E-state index is 0.0378. The van der Waals surface area contributed by atoms with Gasteiger partial charge in [0.15, 0.2) is 0 Å². The molecule has 1 atom stereocenters. The number of hydrogen-bond donors (Lipinski definition) is 1. The molecular formula is C26H32N2O. The molecule has 0 fully saturated rings. The Morgan fingerprint density at radius 3 is 2.41 bits per heavy atom. The van der Waals surface area contributed by atoms with E-state index in [-0.39, 0.29) is 22.4 Å². The molecule has 0 aromatic heterocycles. The maximum absolute atomic E-state index is 12.5. The molecule has 29 heavy (non-hydrogen) atoms. The van der Waals surface area contributed by atoms with Gasteiger partial charge in [-0.15, -0.1) is 0 Å². The van der Waals surface area contributed by atoms with Gasteiger partial charge in [-0.1, -0.05) is 37.3 Å². The zero-order chi connectivity index (χ0) is 21.2. The Morgan fingerprint density at radius 2 is 1.72 bits per heavy atom. The predicted octanol–water partition coefficient (Wildman–Crippen LogP) is 6.14. The standard InChI is InChI=1S/C26H32N2O/c1-17-15-24(3,4)27-22-13-12-19(14-20(17)22)26(7)16-25(5,6)28(18(2)29)23-11-9-8-10-21(23)26/h8-15,27H,16H2,1-7H3/t26-/m1/s1. The first kappa shape index (κ1) is 19.8. The van der Waals surface area contributed by atoms with Crippen molar-refractivity contribution in [3.8, 4) is 0 Å². The van der Waals surface area contributed by atoms with Gasteiger partial charge in [0.05, 0.1) is 5.54 Å². The van der Waals surface area contributed by atoms with Crippen LogP contribution in [0.3, 0.4) is 0 Å². The number of fused-ring (bicyclic) bond motifs is 2. The third kappa shape index (κ3) is 3.08. The van der Waals surface area contributed by atoms with Gasteiger partial charge in [0.25, 0.3) is 0 Å². The number of benzene rings is 2. The van der Waals surface area contributed by atoms with Crippen LogP contribution in [0.15, 0.2) is 48.5 Å². The Labute approximate surface area is 174 Å². The Morgan fingerprint density at radius 1 is 1.03 bits per heavy atom. The van der Waals surface area contributed by atoms with Crippen LogP contribution in [-0.2, 0) is 10.2 Å². The molecule has 0 unspecified atom stereocenters. The van der Waals surface area contributed by atoms with Crippen LogP contribution in [0.2, 0.25) is 0 Å². The van der Waals surface area contributed by atoms with Gasteiger partial charge in [-0.25, -0.2) is 0 Å². The number of amides is 1. The minimum atomic E-state index is -0.268. The van der Waals surface area contributed by atoms with E-state index in [1.165, 1.54) is 28.0 Å². The normalized spacial score (nSPS) is 24.1. The second kappa shape index (κ2) is 6.22. The second-order valence-corrected chi connectivity index (χ2v) is 10.1. The molecule has 0 bridgehead atoms. The average Bonchev–Trinajstić information content (AvgIpc) is 2.59. The fraction of sp³-hybridized carbons (Fsp3) is 0.423. The first-order valence-corrected chi connectivity index (χ1v) is 10.5. The van der Waals surface area contributed by atoms with Gasteiger partial charge in [0.2, 0.25) is 5.91 Å². The van der Waals surface area contributed by atoms with E-state index >= 15 is 0 Å². The molecule has 3 heteroatoms. The monoisotopic (exact) mass is 388 g/mol. The van der Waals surface area contributed by atoms with Gasteiger partial charge in [0, 0.05) is 34.8 Å². The van der Waals surface area contributed by atoms with Crippen LogP contribution in [0, 0.1) is 0 Å². The average molecular weight is 389 g/mol. The molecule has 2 aromatic rings. The third-order valence-corrected chi connectivity index (χ3v) is 6.56. The second-order valence-electron chi connectivity index (χ2n) is 10.1. The molecule has 0 saturated heterocycles. The molecule has 0 aliphatic carbocycles. The van der Waals surface area contributed by atoms with E-state index in [1.807, 2.05) is 11.0 Å². The maximum Gasteiger partial charge on any atom is 0.224 e. The molecule has 1 N–H and O–H groups in total. The molecular weight excluding hydrogens is 356 g/mol. The fourth-order valence-corrected chi connectivity index (χ4v) is 5.68. The van der Waals surface area contributed by atoms with Gasteiger partial charge in [-0.05, 0) is 75.9 Å². The van der Waals surface area contributed by atoms with E-state index in [9.17, 15) is 4.79 Å². The van der Waals surface area contributed by atoms with Crippen molar-refractivity contribution in [2.75, 3.05) is 10.2 Å². The van der Waals surface area contributed by atoms with Crippen LogP contribution in [0.5, 0.6) is 0 Å². The number of nitrogens with zero attached hydrogens (tertiary/aromatic N) is 1. The Hall–Kier alpha value is -2.55. The summed E-state index contributed by atoms with van der Waals surface area (Å²) in [7, 11) is 0. The number of rotatable bonds is 1. The van der Waals surface area contributed by atoms with Gasteiger partial charge in [0.1, 0.15) is 0 Å². The zero-order valence-electron chi connectivity index (χ0n) is 18.7. The van der Waals surface area contributed by atoms with Crippen molar-refractivity contribution in [2.45, 2.75) is 71.4 Å². The van der Waals surface area contributed by atoms with Crippen LogP contribution in [0.4, 0.5) is 11.4 Å². The number of allylic oxidation sites excluding steroid dienone is 1. The van der Waals surface area contributed by atoms with Crippen molar-refractivity contribution in [1.82, 2.24) is 0 Å². The quantitative estimate of drug-likeness (QED) is 0.637. The molecule has 4 rings (SSSR count). The smallest absolute Gasteiger partial charge is 0.224 e. The van der Waals surface area contributed by atoms with E-state index in [2.05, 4.69) is 89.3 Å². The van der Waals surface area contributed by atoms with E-state index in [0.717, 1.165) is 12.1 Å². The predicted molar refractivity (Wildman–Crippen MR) is 123 cm³/mol. The number of carbonyl (C=O) groups is 1. The van der Waals surface area contributed by atoms with Crippen LogP contribution in [-0.4, -0.2) is 17.0 Å². The molecule has 2 aliphatic rings. The van der Waals surface area contributed by atoms with Gasteiger partial charge >= 0.3 is 0 Å². The summed E-state index contributed by atoms with van der Waals surface area (Å²) in [5.41, 5.74) is 6.84. The fourth-order valence-electron chi connectivity index (χ4n) is 5.68. The molecule has 2 aliphatic heterocycles. The largest absolute Gasteiger partial charge is 0.376 e. The van der Waals surface area contributed by atoms with Crippen LogP contribution >= 0.6 is 0 Å². The van der Waals surface area contributed by atoms with E-state index in [0.29, 0.717) is 0 Å². The summed E-state index contributed by atoms with van der Waals surface area (Å²) >= 11 is 0. The van der Waals surface area contributed by atoms with Crippen LogP contribution in [0.1, 0.15) is 71.6 Å². The highest BCUT2D eigenvalue weighted by atomic mass is 16.2. The molecule has 2 heterocycles.